The molecule has 1 N–H and O–H groups in total. The van der Waals surface area contributed by atoms with Crippen molar-refractivity contribution in [1.82, 2.24) is 15.1 Å². The van der Waals surface area contributed by atoms with Gasteiger partial charge in [0, 0.05) is 6.07 Å². The first kappa shape index (κ1) is 17.5. The maximum atomic E-state index is 12.2. The molecule has 128 valence electrons. The lowest BCUT2D eigenvalue weighted by Crippen LogP contribution is -2.47. The molecule has 0 radical (unpaired) electrons. The molecular weight excluding hydrogens is 314 g/mol. The van der Waals surface area contributed by atoms with Crippen LogP contribution in [0.1, 0.15) is 13.8 Å². The maximum absolute atomic E-state index is 12.2. The van der Waals surface area contributed by atoms with E-state index >= 15 is 0 Å². The van der Waals surface area contributed by atoms with Crippen LogP contribution in [0.2, 0.25) is 0 Å². The van der Waals surface area contributed by atoms with Gasteiger partial charge >= 0.3 is 5.97 Å². The van der Waals surface area contributed by atoms with E-state index in [9.17, 15) is 14.4 Å². The van der Waals surface area contributed by atoms with Crippen molar-refractivity contribution in [1.29, 1.82) is 0 Å². The highest BCUT2D eigenvalue weighted by molar-refractivity contribution is 5.84. The lowest BCUT2D eigenvalue weighted by molar-refractivity contribution is -0.146. The Morgan fingerprint density at radius 1 is 1.33 bits per heavy atom. The summed E-state index contributed by atoms with van der Waals surface area (Å²) in [5.74, 6) is -0.715. The monoisotopic (exact) mass is 333 g/mol. The minimum atomic E-state index is -0.786. The quantitative estimate of drug-likeness (QED) is 0.785. The molecule has 0 aliphatic rings. The predicted molar refractivity (Wildman–Crippen MR) is 85.0 cm³/mol. The number of rotatable bonds is 6. The van der Waals surface area contributed by atoms with Crippen LogP contribution in [0.5, 0.6) is 0 Å². The van der Waals surface area contributed by atoms with E-state index in [4.69, 9.17) is 4.42 Å². The number of nitrogens with zero attached hydrogens (tertiary/aromatic N) is 2. The minimum absolute atomic E-state index is 0.152. The standard InChI is InChI=1S/C16H19N3O5/c1-10(2)15(16(22)23-3)17-13(20)9-19-14(21)7-6-11(18-19)12-5-4-8-24-12/h4-8,10,15H,9H2,1-3H3,(H,17,20)/t15-/m0/s1. The molecule has 8 heteroatoms. The average molecular weight is 333 g/mol. The van der Waals surface area contributed by atoms with Crippen molar-refractivity contribution < 1.29 is 18.7 Å². The van der Waals surface area contributed by atoms with Crippen LogP contribution in [0, 0.1) is 5.92 Å². The Morgan fingerprint density at radius 3 is 2.67 bits per heavy atom. The van der Waals surface area contributed by atoms with Gasteiger partial charge in [0.15, 0.2) is 5.76 Å². The third kappa shape index (κ3) is 4.09. The predicted octanol–water partition coefficient (Wildman–Crippen LogP) is 0.817. The number of carbonyl (C=O) groups is 2. The van der Waals surface area contributed by atoms with Gasteiger partial charge in [-0.3, -0.25) is 9.59 Å². The number of hydrogen-bond acceptors (Lipinski definition) is 6. The number of esters is 1. The van der Waals surface area contributed by atoms with Crippen LogP contribution in [-0.2, 0) is 20.9 Å². The van der Waals surface area contributed by atoms with E-state index in [2.05, 4.69) is 15.2 Å². The summed E-state index contributed by atoms with van der Waals surface area (Å²) in [5, 5.41) is 6.67. The number of furan rings is 1. The van der Waals surface area contributed by atoms with Gasteiger partial charge in [-0.2, -0.15) is 5.10 Å². The molecule has 1 amide bonds. The molecule has 0 saturated carbocycles. The number of ether oxygens (including phenoxy) is 1. The number of hydrogen-bond donors (Lipinski definition) is 1. The highest BCUT2D eigenvalue weighted by atomic mass is 16.5. The molecular formula is C16H19N3O5. The zero-order valence-electron chi connectivity index (χ0n) is 13.7. The van der Waals surface area contributed by atoms with Crippen molar-refractivity contribution in [2.75, 3.05) is 7.11 Å². The topological polar surface area (TPSA) is 103 Å². The van der Waals surface area contributed by atoms with Crippen LogP contribution in [0.4, 0.5) is 0 Å². The highest BCUT2D eigenvalue weighted by Gasteiger charge is 2.25. The van der Waals surface area contributed by atoms with E-state index in [-0.39, 0.29) is 12.5 Å². The van der Waals surface area contributed by atoms with E-state index in [1.807, 2.05) is 0 Å². The summed E-state index contributed by atoms with van der Waals surface area (Å²) in [6.45, 7) is 3.25. The van der Waals surface area contributed by atoms with Crippen molar-refractivity contribution in [3.8, 4) is 11.5 Å². The molecule has 0 aliphatic heterocycles. The van der Waals surface area contributed by atoms with E-state index in [0.29, 0.717) is 11.5 Å². The molecule has 0 unspecified atom stereocenters. The summed E-state index contributed by atoms with van der Waals surface area (Å²) in [6.07, 6.45) is 1.49. The molecule has 0 aromatic carbocycles. The number of nitrogens with one attached hydrogen (secondary N) is 1. The Bertz CT molecular complexity index is 764. The molecule has 2 heterocycles. The molecule has 1 atom stereocenters. The Hall–Kier alpha value is -2.90. The van der Waals surface area contributed by atoms with Crippen LogP contribution < -0.4 is 10.9 Å². The second-order valence-corrected chi connectivity index (χ2v) is 5.50. The molecule has 2 aromatic heterocycles. The zero-order valence-corrected chi connectivity index (χ0v) is 13.7. The Balaban J connectivity index is 2.15. The summed E-state index contributed by atoms with van der Waals surface area (Å²) in [5.41, 5.74) is 0.000369. The molecule has 0 saturated heterocycles. The van der Waals surface area contributed by atoms with Crippen LogP contribution in [0.15, 0.2) is 39.7 Å². The number of methoxy groups -OCH3 is 1. The highest BCUT2D eigenvalue weighted by Crippen LogP contribution is 2.15. The summed E-state index contributed by atoms with van der Waals surface area (Å²) >= 11 is 0. The van der Waals surface area contributed by atoms with Crippen molar-refractivity contribution >= 4 is 11.9 Å². The number of amides is 1. The summed E-state index contributed by atoms with van der Waals surface area (Å²) in [4.78, 5) is 35.7. The Morgan fingerprint density at radius 2 is 2.08 bits per heavy atom. The van der Waals surface area contributed by atoms with Crippen molar-refractivity contribution in [2.24, 2.45) is 5.92 Å². The SMILES string of the molecule is COC(=O)[C@@H](NC(=O)Cn1nc(-c2ccco2)ccc1=O)C(C)C. The molecule has 0 fully saturated rings. The fourth-order valence-corrected chi connectivity index (χ4v) is 2.10. The summed E-state index contributed by atoms with van der Waals surface area (Å²) in [7, 11) is 1.25. The van der Waals surface area contributed by atoms with Gasteiger partial charge in [-0.25, -0.2) is 9.48 Å². The molecule has 2 aromatic rings. The zero-order chi connectivity index (χ0) is 17.7. The normalized spacial score (nSPS) is 12.0. The third-order valence-corrected chi connectivity index (χ3v) is 3.37. The lowest BCUT2D eigenvalue weighted by Gasteiger charge is -2.19. The first-order valence-corrected chi connectivity index (χ1v) is 7.41. The summed E-state index contributed by atoms with van der Waals surface area (Å²) in [6, 6.07) is 5.43. The van der Waals surface area contributed by atoms with Crippen LogP contribution >= 0.6 is 0 Å². The van der Waals surface area contributed by atoms with Gasteiger partial charge in [-0.1, -0.05) is 13.8 Å². The molecule has 8 nitrogen and oxygen atoms in total. The third-order valence-electron chi connectivity index (χ3n) is 3.37. The van der Waals surface area contributed by atoms with Gasteiger partial charge in [-0.15, -0.1) is 0 Å². The second-order valence-electron chi connectivity index (χ2n) is 5.50. The van der Waals surface area contributed by atoms with Gasteiger partial charge in [0.1, 0.15) is 18.3 Å². The molecule has 0 aliphatic carbocycles. The first-order valence-electron chi connectivity index (χ1n) is 7.41. The fourth-order valence-electron chi connectivity index (χ4n) is 2.10. The summed E-state index contributed by atoms with van der Waals surface area (Å²) < 4.78 is 10.9. The average Bonchev–Trinajstić information content (AvgIpc) is 3.08. The fraction of sp³-hybridized carbons (Fsp3) is 0.375. The van der Waals surface area contributed by atoms with E-state index in [1.165, 1.54) is 25.5 Å². The van der Waals surface area contributed by atoms with Crippen molar-refractivity contribution in [3.63, 3.8) is 0 Å². The van der Waals surface area contributed by atoms with Crippen LogP contribution in [0.3, 0.4) is 0 Å². The molecule has 2 rings (SSSR count). The van der Waals surface area contributed by atoms with Crippen LogP contribution in [-0.4, -0.2) is 34.8 Å². The van der Waals surface area contributed by atoms with E-state index in [0.717, 1.165) is 4.68 Å². The van der Waals surface area contributed by atoms with Gasteiger partial charge in [-0.05, 0) is 24.1 Å². The lowest BCUT2D eigenvalue weighted by atomic mass is 10.0. The Kier molecular flexibility index (Phi) is 5.51. The van der Waals surface area contributed by atoms with Gasteiger partial charge in [0.2, 0.25) is 5.91 Å². The van der Waals surface area contributed by atoms with E-state index in [1.54, 1.807) is 26.0 Å². The smallest absolute Gasteiger partial charge is 0.328 e. The molecule has 24 heavy (non-hydrogen) atoms. The molecule has 0 spiro atoms. The van der Waals surface area contributed by atoms with Crippen molar-refractivity contribution in [3.05, 3.63) is 40.9 Å². The van der Waals surface area contributed by atoms with Gasteiger partial charge in [0.25, 0.3) is 5.56 Å². The van der Waals surface area contributed by atoms with E-state index < -0.39 is 23.5 Å². The largest absolute Gasteiger partial charge is 0.467 e. The van der Waals surface area contributed by atoms with Crippen LogP contribution in [0.25, 0.3) is 11.5 Å². The first-order chi connectivity index (χ1) is 11.4. The maximum Gasteiger partial charge on any atom is 0.328 e. The van der Waals surface area contributed by atoms with Gasteiger partial charge < -0.3 is 14.5 Å². The number of aromatic nitrogens is 2. The number of carbonyl (C=O) groups excluding carboxylic acids is 2. The second kappa shape index (κ2) is 7.58. The Labute approximate surface area is 138 Å². The van der Waals surface area contributed by atoms with Gasteiger partial charge in [0.05, 0.1) is 13.4 Å². The molecule has 0 bridgehead atoms. The minimum Gasteiger partial charge on any atom is -0.467 e. The van der Waals surface area contributed by atoms with Crippen molar-refractivity contribution in [2.45, 2.75) is 26.4 Å².